The molecule has 3 aliphatic rings. The highest BCUT2D eigenvalue weighted by Crippen LogP contribution is 2.44. The molecule has 0 aromatic rings. The predicted octanol–water partition coefficient (Wildman–Crippen LogP) is 2.70. The average molecular weight is 799 g/mol. The van der Waals surface area contributed by atoms with Gasteiger partial charge in [-0.2, -0.15) is 0 Å². The number of hydrogen-bond acceptors (Lipinski definition) is 12. The summed E-state index contributed by atoms with van der Waals surface area (Å²) in [6.45, 7) is 12.5. The highest BCUT2D eigenvalue weighted by Gasteiger charge is 2.60. The molecule has 3 aliphatic heterocycles. The first-order chi connectivity index (χ1) is 26.9. The van der Waals surface area contributed by atoms with Crippen molar-refractivity contribution >= 4 is 17.6 Å². The Bertz CT molecular complexity index is 1650. The van der Waals surface area contributed by atoms with Gasteiger partial charge in [-0.25, -0.2) is 0 Å². The van der Waals surface area contributed by atoms with Crippen LogP contribution >= 0.6 is 0 Å². The van der Waals surface area contributed by atoms with Crippen LogP contribution in [-0.4, -0.2) is 123 Å². The number of ether oxygens (including phenoxy) is 3. The molecule has 0 saturated carbocycles. The normalized spacial score (nSPS) is 32.8. The molecule has 8 unspecified atom stereocenters. The molecule has 14 heteroatoms. The van der Waals surface area contributed by atoms with Crippen molar-refractivity contribution in [3.8, 4) is 0 Å². The molecule has 0 spiro atoms. The smallest absolute Gasteiger partial charge is 0.258 e. The highest BCUT2D eigenvalue weighted by molar-refractivity contribution is 6.21. The van der Waals surface area contributed by atoms with Gasteiger partial charge < -0.3 is 55.5 Å². The molecule has 0 radical (unpaired) electrons. The summed E-state index contributed by atoms with van der Waals surface area (Å²) in [5, 5.41) is 70.9. The van der Waals surface area contributed by atoms with Gasteiger partial charge in [-0.15, -0.1) is 0 Å². The molecule has 3 fully saturated rings. The average Bonchev–Trinajstić information content (AvgIpc) is 3.45. The topological polar surface area (TPSA) is 224 Å². The lowest BCUT2D eigenvalue weighted by Crippen LogP contribution is -2.69. The molecular weight excluding hydrogens is 736 g/mol. The number of allylic oxidation sites excluding steroid dienone is 10. The van der Waals surface area contributed by atoms with Crippen molar-refractivity contribution in [2.45, 2.75) is 116 Å². The van der Waals surface area contributed by atoms with Gasteiger partial charge in [0.2, 0.25) is 11.7 Å². The van der Waals surface area contributed by atoms with E-state index < -0.39 is 89.5 Å². The monoisotopic (exact) mass is 798 g/mol. The Morgan fingerprint density at radius 1 is 1.00 bits per heavy atom. The maximum absolute atomic E-state index is 13.3. The van der Waals surface area contributed by atoms with Crippen molar-refractivity contribution in [2.75, 3.05) is 20.2 Å². The molecule has 316 valence electrons. The van der Waals surface area contributed by atoms with Gasteiger partial charge in [-0.05, 0) is 38.3 Å². The number of ketones is 1. The molecule has 0 aromatic heterocycles. The summed E-state index contributed by atoms with van der Waals surface area (Å²) in [7, 11) is 1.53. The zero-order valence-corrected chi connectivity index (χ0v) is 34.2. The van der Waals surface area contributed by atoms with Crippen molar-refractivity contribution in [3.05, 3.63) is 95.4 Å². The van der Waals surface area contributed by atoms with Crippen LogP contribution in [0.5, 0.6) is 0 Å². The number of aliphatic hydroxyl groups is 6. The molecule has 14 nitrogen and oxygen atoms in total. The minimum Gasteiger partial charge on any atom is -0.507 e. The minimum absolute atomic E-state index is 0.0847. The maximum Gasteiger partial charge on any atom is 0.258 e. The minimum atomic E-state index is -2.34. The van der Waals surface area contributed by atoms with Crippen molar-refractivity contribution < 1.29 is 59.2 Å². The molecular formula is C43H62N2O12. The van der Waals surface area contributed by atoms with Crippen molar-refractivity contribution in [1.29, 1.82) is 0 Å². The first-order valence-corrected chi connectivity index (χ1v) is 19.4. The number of nitrogens with one attached hydrogen (secondary N) is 2. The molecule has 0 bridgehead atoms. The fraction of sp³-hybridized carbons (Fsp3) is 0.558. The lowest BCUT2D eigenvalue weighted by atomic mass is 9.71. The Kier molecular flexibility index (Phi) is 17.6. The number of amides is 2. The SMILES string of the molecule is C/C=C\C=C\C1OC(O)([C@H](CC)C(=O)NC/C=C/C=C(\C)[C@@H](OC)[C@@H](C)C2OC(/C=C/C=C/C=C(\C)C(O)=C3C(=O)CCNC3=O)C(O)C2O)C(O)C(O)C1(C)C. The van der Waals surface area contributed by atoms with Gasteiger partial charge in [-0.1, -0.05) is 101 Å². The van der Waals surface area contributed by atoms with Crippen LogP contribution in [0, 0.1) is 17.3 Å². The van der Waals surface area contributed by atoms with E-state index in [1.54, 1.807) is 88.5 Å². The van der Waals surface area contributed by atoms with E-state index in [9.17, 15) is 45.0 Å². The predicted molar refractivity (Wildman–Crippen MR) is 214 cm³/mol. The third kappa shape index (κ3) is 11.1. The molecule has 11 atom stereocenters. The lowest BCUT2D eigenvalue weighted by molar-refractivity contribution is -0.359. The van der Waals surface area contributed by atoms with Crippen molar-refractivity contribution in [1.82, 2.24) is 10.6 Å². The quantitative estimate of drug-likeness (QED) is 0.0489. The number of rotatable bonds is 16. The Morgan fingerprint density at radius 2 is 1.68 bits per heavy atom. The number of hydrogen-bond donors (Lipinski definition) is 8. The third-order valence-electron chi connectivity index (χ3n) is 10.9. The summed E-state index contributed by atoms with van der Waals surface area (Å²) in [6.07, 6.45) is 11.9. The molecule has 3 heterocycles. The van der Waals surface area contributed by atoms with E-state index >= 15 is 0 Å². The Hall–Kier alpha value is -3.99. The fourth-order valence-electron chi connectivity index (χ4n) is 7.30. The molecule has 0 aliphatic carbocycles. The van der Waals surface area contributed by atoms with Crippen LogP contribution in [0.3, 0.4) is 0 Å². The molecule has 3 saturated heterocycles. The van der Waals surface area contributed by atoms with Crippen LogP contribution < -0.4 is 10.6 Å². The van der Waals surface area contributed by atoms with Gasteiger partial charge in [0.05, 0.1) is 30.3 Å². The summed E-state index contributed by atoms with van der Waals surface area (Å²) in [5.41, 5.74) is -0.119. The van der Waals surface area contributed by atoms with Crippen LogP contribution in [0.4, 0.5) is 0 Å². The second kappa shape index (κ2) is 21.1. The second-order valence-electron chi connectivity index (χ2n) is 15.3. The Balaban J connectivity index is 1.60. The number of carbonyl (C=O) groups excluding carboxylic acids is 3. The largest absolute Gasteiger partial charge is 0.507 e. The van der Waals surface area contributed by atoms with Crippen LogP contribution in [0.1, 0.15) is 61.3 Å². The van der Waals surface area contributed by atoms with Gasteiger partial charge in [0, 0.05) is 38.0 Å². The highest BCUT2D eigenvalue weighted by atomic mass is 16.7. The van der Waals surface area contributed by atoms with Gasteiger partial charge >= 0.3 is 0 Å². The summed E-state index contributed by atoms with van der Waals surface area (Å²) in [4.78, 5) is 37.4. The zero-order chi connectivity index (χ0) is 42.7. The van der Waals surface area contributed by atoms with Crippen molar-refractivity contribution in [2.24, 2.45) is 17.3 Å². The van der Waals surface area contributed by atoms with E-state index in [1.165, 1.54) is 13.2 Å². The zero-order valence-electron chi connectivity index (χ0n) is 34.2. The lowest BCUT2D eigenvalue weighted by Gasteiger charge is -2.53. The van der Waals surface area contributed by atoms with Crippen molar-refractivity contribution in [3.63, 3.8) is 0 Å². The van der Waals surface area contributed by atoms with E-state index in [1.807, 2.05) is 26.8 Å². The summed E-state index contributed by atoms with van der Waals surface area (Å²) < 4.78 is 17.8. The van der Waals surface area contributed by atoms with Gasteiger partial charge in [-0.3, -0.25) is 14.4 Å². The number of aliphatic hydroxyl groups excluding tert-OH is 5. The van der Waals surface area contributed by atoms with E-state index in [0.717, 1.165) is 5.57 Å². The summed E-state index contributed by atoms with van der Waals surface area (Å²) >= 11 is 0. The first kappa shape index (κ1) is 47.4. The molecule has 8 N–H and O–H groups in total. The van der Waals surface area contributed by atoms with Gasteiger partial charge in [0.25, 0.3) is 5.91 Å². The van der Waals surface area contributed by atoms with Crippen LogP contribution in [-0.2, 0) is 28.6 Å². The summed E-state index contributed by atoms with van der Waals surface area (Å²) in [6, 6.07) is 0. The van der Waals surface area contributed by atoms with Crippen LogP contribution in [0.2, 0.25) is 0 Å². The standard InChI is InChI=1S/C43H62N2O12/c1-9-11-13-21-31-42(6,7)38(50)39(51)43(54,57-31)28(10-2)40(52)44-23-17-16-19-26(4)36(55-8)27(5)37-35(49)34(48)30(56-37)20-15-12-14-18-25(3)33(47)32-29(46)22-24-45-41(32)53/h9,11-21,27-28,30-31,34-39,47-51,54H,10,22-24H2,1-8H3,(H,44,52)(H,45,53)/b11-9-,14-12+,17-16+,20-15+,21-13+,25-18+,26-19+,33-32?/t27-,28-,30?,31?,34?,35?,36-,37?,38?,39?,43?/m1/s1. The van der Waals surface area contributed by atoms with E-state index in [4.69, 9.17) is 14.2 Å². The fourth-order valence-corrected chi connectivity index (χ4v) is 7.30. The first-order valence-electron chi connectivity index (χ1n) is 19.4. The van der Waals surface area contributed by atoms with Gasteiger partial charge in [0.15, 0.2) is 5.78 Å². The molecule has 0 aromatic carbocycles. The number of Topliss-reactive ketones (excluding diaryl/α,β-unsaturated/α-hetero) is 1. The summed E-state index contributed by atoms with van der Waals surface area (Å²) in [5.74, 6) is -5.91. The Morgan fingerprint density at radius 3 is 2.32 bits per heavy atom. The number of piperidine rings is 1. The van der Waals surface area contributed by atoms with E-state index in [2.05, 4.69) is 10.6 Å². The molecule has 2 amide bonds. The second-order valence-corrected chi connectivity index (χ2v) is 15.3. The molecule has 3 rings (SSSR count). The van der Waals surface area contributed by atoms with E-state index in [-0.39, 0.29) is 37.3 Å². The van der Waals surface area contributed by atoms with Crippen LogP contribution in [0.15, 0.2) is 95.4 Å². The number of carbonyl (C=O) groups is 3. The maximum atomic E-state index is 13.3. The van der Waals surface area contributed by atoms with Crippen LogP contribution in [0.25, 0.3) is 0 Å². The van der Waals surface area contributed by atoms with E-state index in [0.29, 0.717) is 5.57 Å². The number of methoxy groups -OCH3 is 1. The molecule has 57 heavy (non-hydrogen) atoms. The van der Waals surface area contributed by atoms with Gasteiger partial charge in [0.1, 0.15) is 35.7 Å². The Labute approximate surface area is 335 Å². The third-order valence-corrected chi connectivity index (χ3v) is 10.9.